The quantitative estimate of drug-likeness (QED) is 0.127. The Labute approximate surface area is 250 Å². The number of methoxy groups -OCH3 is 1. The highest BCUT2D eigenvalue weighted by atomic mass is 35.5. The Morgan fingerprint density at radius 1 is 1.07 bits per heavy atom. The van der Waals surface area contributed by atoms with Crippen molar-refractivity contribution in [1.29, 1.82) is 0 Å². The lowest BCUT2D eigenvalue weighted by Crippen LogP contribution is -2.25. The zero-order valence-electron chi connectivity index (χ0n) is 23.2. The summed E-state index contributed by atoms with van der Waals surface area (Å²) in [5, 5.41) is 11.1. The van der Waals surface area contributed by atoms with Crippen molar-refractivity contribution in [3.05, 3.63) is 77.3 Å². The van der Waals surface area contributed by atoms with Gasteiger partial charge in [-0.05, 0) is 55.6 Å². The summed E-state index contributed by atoms with van der Waals surface area (Å²) in [7, 11) is 1.52. The number of amides is 1. The van der Waals surface area contributed by atoms with E-state index in [1.54, 1.807) is 42.5 Å². The average Bonchev–Trinajstić information content (AvgIpc) is 3.00. The van der Waals surface area contributed by atoms with Crippen LogP contribution in [0, 0.1) is 0 Å². The second-order valence-corrected chi connectivity index (χ2v) is 10.0. The van der Waals surface area contributed by atoms with E-state index in [0.29, 0.717) is 40.6 Å². The van der Waals surface area contributed by atoms with Gasteiger partial charge in [0.15, 0.2) is 11.6 Å². The first-order valence-corrected chi connectivity index (χ1v) is 14.5. The third kappa shape index (κ3) is 7.52. The zero-order chi connectivity index (χ0) is 30.1. The predicted molar refractivity (Wildman–Crippen MR) is 162 cm³/mol. The molecule has 4 aromatic rings. The van der Waals surface area contributed by atoms with Crippen molar-refractivity contribution in [2.45, 2.75) is 13.8 Å². The molecule has 1 N–H and O–H groups in total. The normalized spacial score (nSPS) is 11.6. The second kappa shape index (κ2) is 14.6. The highest BCUT2D eigenvalue weighted by Gasteiger charge is 2.22. The molecule has 1 unspecified atom stereocenters. The van der Waals surface area contributed by atoms with Gasteiger partial charge < -0.3 is 19.5 Å². The molecule has 0 radical (unpaired) electrons. The number of anilines is 4. The van der Waals surface area contributed by atoms with E-state index in [2.05, 4.69) is 49.2 Å². The molecule has 1 aromatic heterocycles. The summed E-state index contributed by atoms with van der Waals surface area (Å²) >= 11 is 3.54. The molecule has 1 amide bonds. The van der Waals surface area contributed by atoms with Crippen LogP contribution in [0.15, 0.2) is 77.0 Å². The molecule has 0 saturated heterocycles. The minimum Gasteiger partial charge on any atom is -0.755 e. The third-order valence-corrected chi connectivity index (χ3v) is 7.27. The largest absolute Gasteiger partial charge is 0.755 e. The van der Waals surface area contributed by atoms with Crippen molar-refractivity contribution in [2.75, 3.05) is 42.9 Å². The van der Waals surface area contributed by atoms with Crippen LogP contribution in [0.4, 0.5) is 23.0 Å². The van der Waals surface area contributed by atoms with E-state index in [1.165, 1.54) is 31.4 Å². The maximum absolute atomic E-state index is 12.7. The van der Waals surface area contributed by atoms with Crippen LogP contribution in [0.5, 0.6) is 5.75 Å². The fourth-order valence-corrected chi connectivity index (χ4v) is 4.73. The monoisotopic (exact) mass is 608 g/mol. The first-order chi connectivity index (χ1) is 20.3. The van der Waals surface area contributed by atoms with Gasteiger partial charge in [0.05, 0.1) is 51.4 Å². The van der Waals surface area contributed by atoms with Crippen LogP contribution in [0.25, 0.3) is 11.0 Å². The number of aromatic nitrogens is 2. The Balaban J connectivity index is 1.71. The summed E-state index contributed by atoms with van der Waals surface area (Å²) in [5.41, 5.74) is 1.65. The predicted octanol–water partition coefficient (Wildman–Crippen LogP) is 5.42. The molecule has 4 rings (SSSR count). The van der Waals surface area contributed by atoms with Gasteiger partial charge in [-0.15, -0.1) is 0 Å². The van der Waals surface area contributed by atoms with Gasteiger partial charge in [0, 0.05) is 12.6 Å². The lowest BCUT2D eigenvalue weighted by atomic mass is 10.2. The minimum absolute atomic E-state index is 0.0430. The van der Waals surface area contributed by atoms with Crippen LogP contribution in [-0.4, -0.2) is 62.8 Å². The second-order valence-electron chi connectivity index (χ2n) is 8.80. The van der Waals surface area contributed by atoms with Gasteiger partial charge >= 0.3 is 5.91 Å². The van der Waals surface area contributed by atoms with Gasteiger partial charge in [0.1, 0.15) is 17.4 Å². The molecule has 12 nitrogen and oxygen atoms in total. The van der Waals surface area contributed by atoms with E-state index in [9.17, 15) is 13.6 Å². The Morgan fingerprint density at radius 3 is 2.50 bits per heavy atom. The van der Waals surface area contributed by atoms with Crippen LogP contribution in [0.2, 0.25) is 5.02 Å². The van der Waals surface area contributed by atoms with E-state index >= 15 is 0 Å². The molecular formula is C28H29ClN8O4S. The molecule has 0 saturated carbocycles. The minimum atomic E-state index is -2.87. The van der Waals surface area contributed by atoms with E-state index in [4.69, 9.17) is 16.3 Å². The number of nitrogens with one attached hydrogen (secondary N) is 1. The molecule has 1 atom stereocenters. The highest BCUT2D eigenvalue weighted by Crippen LogP contribution is 2.36. The van der Waals surface area contributed by atoms with E-state index in [-0.39, 0.29) is 22.9 Å². The number of hydrogen-bond donors (Lipinski definition) is 1. The van der Waals surface area contributed by atoms with Crippen molar-refractivity contribution < 1.29 is 18.3 Å². The topological polar surface area (TPSA) is 150 Å². The van der Waals surface area contributed by atoms with Gasteiger partial charge in [-0.2, -0.15) is 0 Å². The lowest BCUT2D eigenvalue weighted by molar-refractivity contribution is 0.0992. The smallest absolute Gasteiger partial charge is 0.360 e. The third-order valence-electron chi connectivity index (χ3n) is 6.26. The molecule has 42 heavy (non-hydrogen) atoms. The number of likely N-dealkylation sites (N-methyl/N-ethyl adjacent to an activating group) is 1. The molecule has 0 aliphatic rings. The number of carbonyl (C=O) groups excluding carboxylic acids is 1. The van der Waals surface area contributed by atoms with Crippen molar-refractivity contribution >= 4 is 62.8 Å². The molecule has 1 heterocycles. The molecule has 0 aliphatic heterocycles. The maximum Gasteiger partial charge on any atom is 0.360 e. The van der Waals surface area contributed by atoms with Crippen molar-refractivity contribution in [3.8, 4) is 5.75 Å². The number of nitrogens with zero attached hydrogens (tertiary/aromatic N) is 7. The Morgan fingerprint density at radius 2 is 1.81 bits per heavy atom. The van der Waals surface area contributed by atoms with Crippen LogP contribution < -0.4 is 19.3 Å². The number of halogens is 1. The molecule has 218 valence electrons. The molecule has 0 fully saturated rings. The van der Waals surface area contributed by atoms with Crippen molar-refractivity contribution in [1.82, 2.24) is 19.8 Å². The fraction of sp³-hybridized carbons (Fsp3) is 0.250. The number of fused-ring (bicyclic) bond motifs is 1. The summed E-state index contributed by atoms with van der Waals surface area (Å²) < 4.78 is 31.6. The first-order valence-electron chi connectivity index (χ1n) is 13.1. The van der Waals surface area contributed by atoms with E-state index in [0.717, 1.165) is 17.4 Å². The summed E-state index contributed by atoms with van der Waals surface area (Å²) in [5.74, 6) is -0.0807. The van der Waals surface area contributed by atoms with Gasteiger partial charge in [-0.1, -0.05) is 43.6 Å². The highest BCUT2D eigenvalue weighted by molar-refractivity contribution is 7.81. The number of para-hydroxylation sites is 2. The fourth-order valence-electron chi connectivity index (χ4n) is 4.02. The molecule has 14 heteroatoms. The van der Waals surface area contributed by atoms with Crippen molar-refractivity contribution in [3.63, 3.8) is 0 Å². The molecular weight excluding hydrogens is 580 g/mol. The molecule has 0 bridgehead atoms. The zero-order valence-corrected chi connectivity index (χ0v) is 24.8. The Kier molecular flexibility index (Phi) is 10.7. The van der Waals surface area contributed by atoms with Crippen LogP contribution in [-0.2, 0) is 11.3 Å². The van der Waals surface area contributed by atoms with E-state index < -0.39 is 17.2 Å². The molecule has 0 spiro atoms. The van der Waals surface area contributed by atoms with Crippen LogP contribution >= 0.6 is 11.6 Å². The van der Waals surface area contributed by atoms with Crippen LogP contribution in [0.3, 0.4) is 0 Å². The summed E-state index contributed by atoms with van der Waals surface area (Å²) in [6.07, 6.45) is 0. The summed E-state index contributed by atoms with van der Waals surface area (Å²) in [6.45, 7) is 6.97. The Hall–Kier alpha value is -4.26. The SMILES string of the molecule is CCN(CC)CCN=[N+]=NC(=O)c1cccc(N(c2nc3ccccc3nc2Nc2cc(OC)ccc2Cl)S(=O)[O-])c1. The number of hydrogen-bond acceptors (Lipinski definition) is 9. The molecule has 3 aromatic carbocycles. The number of ether oxygens (including phenoxy) is 1. The number of benzene rings is 3. The van der Waals surface area contributed by atoms with Crippen molar-refractivity contribution in [2.24, 2.45) is 10.2 Å². The van der Waals surface area contributed by atoms with Gasteiger partial charge in [0.2, 0.25) is 10.0 Å². The van der Waals surface area contributed by atoms with Crippen LogP contribution in [0.1, 0.15) is 24.2 Å². The standard InChI is InChI=1S/C28H29ClN8O4S/c1-4-36(5-2)16-15-30-35-34-28(38)19-9-8-10-20(17-19)37(42(39)40)27-26(31-23-11-6-7-12-24(23)33-27)32-25-18-21(41-3)13-14-22(25)29/h6-14,17-18H,4-5,15-16H2,1-3H3,(H-,31,32,39,40). The Bertz CT molecular complexity index is 1660. The van der Waals surface area contributed by atoms with Gasteiger partial charge in [0.25, 0.3) is 0 Å². The first kappa shape index (κ1) is 30.7. The average molecular weight is 609 g/mol. The maximum atomic E-state index is 12.7. The van der Waals surface area contributed by atoms with E-state index in [1.807, 2.05) is 0 Å². The molecule has 0 aliphatic carbocycles. The summed E-state index contributed by atoms with van der Waals surface area (Å²) in [4.78, 5) is 27.8. The van der Waals surface area contributed by atoms with Gasteiger partial charge in [-0.3, -0.25) is 13.3 Å². The number of carbonyl (C=O) groups is 1. The summed E-state index contributed by atoms with van der Waals surface area (Å²) in [6, 6.07) is 18.0. The van der Waals surface area contributed by atoms with Gasteiger partial charge in [-0.25, -0.2) is 9.97 Å². The lowest BCUT2D eigenvalue weighted by Gasteiger charge is -2.27. The number of rotatable bonds is 12.